The number of rotatable bonds is 5. The molecule has 0 saturated carbocycles. The van der Waals surface area contributed by atoms with Crippen LogP contribution in [-0.4, -0.2) is 17.1 Å². The first-order valence-corrected chi connectivity index (χ1v) is 6.35. The molecule has 6 heteroatoms. The highest BCUT2D eigenvalue weighted by atomic mass is 35.5. The number of anilines is 1. The van der Waals surface area contributed by atoms with E-state index in [1.54, 1.807) is 0 Å². The molecular weight excluding hydrogens is 244 g/mol. The van der Waals surface area contributed by atoms with Crippen LogP contribution in [0.15, 0.2) is 0 Å². The van der Waals surface area contributed by atoms with E-state index in [1.807, 2.05) is 6.07 Å². The molecule has 0 aliphatic carbocycles. The molecule has 0 atom stereocenters. The van der Waals surface area contributed by atoms with E-state index in [-0.39, 0.29) is 10.7 Å². The second kappa shape index (κ2) is 5.48. The van der Waals surface area contributed by atoms with Crippen molar-refractivity contribution >= 4 is 28.1 Å². The Morgan fingerprint density at radius 2 is 2.19 bits per heavy atom. The zero-order chi connectivity index (χ0) is 12.2. The summed E-state index contributed by atoms with van der Waals surface area (Å²) in [6.45, 7) is 4.67. The second-order valence-corrected chi connectivity index (χ2v) is 4.92. The van der Waals surface area contributed by atoms with Gasteiger partial charge in [-0.25, -0.2) is 4.98 Å². The maximum absolute atomic E-state index is 8.79. The average Bonchev–Trinajstić information content (AvgIpc) is 2.66. The van der Waals surface area contributed by atoms with Crippen LogP contribution >= 0.6 is 22.9 Å². The lowest BCUT2D eigenvalue weighted by atomic mass is 9.93. The smallest absolute Gasteiger partial charge is 0.185 e. The van der Waals surface area contributed by atoms with Gasteiger partial charge in [0.05, 0.1) is 5.54 Å². The monoisotopic (exact) mass is 258 g/mol. The summed E-state index contributed by atoms with van der Waals surface area (Å²) in [5, 5.41) is 13.0. The lowest BCUT2D eigenvalue weighted by Gasteiger charge is -2.31. The minimum absolute atomic E-state index is 0.159. The van der Waals surface area contributed by atoms with Crippen LogP contribution in [0, 0.1) is 11.3 Å². The number of hydrogen-bond acceptors (Lipinski definition) is 5. The van der Waals surface area contributed by atoms with E-state index >= 15 is 0 Å². The molecule has 0 saturated heterocycles. The Labute approximate surface area is 104 Å². The maximum Gasteiger partial charge on any atom is 0.185 e. The Kier molecular flexibility index (Phi) is 4.54. The zero-order valence-electron chi connectivity index (χ0n) is 9.38. The summed E-state index contributed by atoms with van der Waals surface area (Å²) in [5.41, 5.74) is 5.61. The number of nitrogens with zero attached hydrogens (tertiary/aromatic N) is 2. The number of halogens is 1. The van der Waals surface area contributed by atoms with Crippen molar-refractivity contribution in [1.29, 1.82) is 5.26 Å². The standard InChI is InChI=1S/C10H15ClN4S/c1-3-10(4-2,6-13)15-9-14-8(11)7(5-12)16-9/h3-4,6,13H2,1-2H3,(H,14,15). The van der Waals surface area contributed by atoms with Crippen LogP contribution in [0.3, 0.4) is 0 Å². The molecule has 0 aliphatic heterocycles. The molecule has 0 fully saturated rings. The van der Waals surface area contributed by atoms with Crippen molar-refractivity contribution in [1.82, 2.24) is 4.98 Å². The molecular formula is C10H15ClN4S. The molecule has 0 aliphatic rings. The van der Waals surface area contributed by atoms with Gasteiger partial charge in [-0.15, -0.1) is 0 Å². The van der Waals surface area contributed by atoms with Gasteiger partial charge in [-0.2, -0.15) is 5.26 Å². The fourth-order valence-corrected chi connectivity index (χ4v) is 2.48. The van der Waals surface area contributed by atoms with Crippen LogP contribution in [-0.2, 0) is 0 Å². The SMILES string of the molecule is CCC(CC)(CN)Nc1nc(Cl)c(C#N)s1. The molecule has 0 aromatic carbocycles. The van der Waals surface area contributed by atoms with Crippen molar-refractivity contribution in [2.24, 2.45) is 5.73 Å². The van der Waals surface area contributed by atoms with Crippen molar-refractivity contribution in [3.8, 4) is 6.07 Å². The van der Waals surface area contributed by atoms with Gasteiger partial charge in [0.15, 0.2) is 10.3 Å². The number of thiazole rings is 1. The lowest BCUT2D eigenvalue weighted by molar-refractivity contribution is 0.445. The highest BCUT2D eigenvalue weighted by Gasteiger charge is 2.25. The van der Waals surface area contributed by atoms with Gasteiger partial charge in [-0.05, 0) is 12.8 Å². The molecule has 1 rings (SSSR count). The van der Waals surface area contributed by atoms with E-state index in [0.29, 0.717) is 16.6 Å². The number of aromatic nitrogens is 1. The third-order valence-corrected chi connectivity index (χ3v) is 4.06. The highest BCUT2D eigenvalue weighted by Crippen LogP contribution is 2.29. The van der Waals surface area contributed by atoms with Gasteiger partial charge >= 0.3 is 0 Å². The van der Waals surface area contributed by atoms with Crippen LogP contribution in [0.1, 0.15) is 31.6 Å². The zero-order valence-corrected chi connectivity index (χ0v) is 11.0. The molecule has 1 aromatic rings. The minimum atomic E-state index is -0.159. The molecule has 16 heavy (non-hydrogen) atoms. The van der Waals surface area contributed by atoms with Gasteiger partial charge in [0.1, 0.15) is 10.9 Å². The van der Waals surface area contributed by atoms with E-state index in [1.165, 1.54) is 11.3 Å². The number of nitrogens with one attached hydrogen (secondary N) is 1. The number of nitriles is 1. The average molecular weight is 259 g/mol. The fraction of sp³-hybridized carbons (Fsp3) is 0.600. The Morgan fingerprint density at radius 3 is 2.56 bits per heavy atom. The first kappa shape index (κ1) is 13.2. The van der Waals surface area contributed by atoms with Crippen LogP contribution in [0.5, 0.6) is 0 Å². The summed E-state index contributed by atoms with van der Waals surface area (Å²) < 4.78 is 0. The van der Waals surface area contributed by atoms with Crippen LogP contribution in [0.25, 0.3) is 0 Å². The van der Waals surface area contributed by atoms with E-state index in [9.17, 15) is 0 Å². The van der Waals surface area contributed by atoms with E-state index < -0.39 is 0 Å². The summed E-state index contributed by atoms with van der Waals surface area (Å²) in [6.07, 6.45) is 1.80. The summed E-state index contributed by atoms with van der Waals surface area (Å²) >= 11 is 7.07. The van der Waals surface area contributed by atoms with Crippen molar-refractivity contribution < 1.29 is 0 Å². The normalized spacial score (nSPS) is 11.2. The summed E-state index contributed by atoms with van der Waals surface area (Å²) in [5.74, 6) is 0. The maximum atomic E-state index is 8.79. The van der Waals surface area contributed by atoms with Crippen molar-refractivity contribution in [3.63, 3.8) is 0 Å². The largest absolute Gasteiger partial charge is 0.355 e. The van der Waals surface area contributed by atoms with Gasteiger partial charge in [0, 0.05) is 6.54 Å². The van der Waals surface area contributed by atoms with Crippen molar-refractivity contribution in [2.75, 3.05) is 11.9 Å². The molecule has 4 nitrogen and oxygen atoms in total. The Hall–Kier alpha value is -0.830. The molecule has 0 unspecified atom stereocenters. The minimum Gasteiger partial charge on any atom is -0.355 e. The van der Waals surface area contributed by atoms with Crippen LogP contribution in [0.4, 0.5) is 5.13 Å². The Balaban J connectivity index is 2.90. The third-order valence-electron chi connectivity index (χ3n) is 2.80. The van der Waals surface area contributed by atoms with E-state index in [2.05, 4.69) is 24.1 Å². The highest BCUT2D eigenvalue weighted by molar-refractivity contribution is 7.16. The molecule has 3 N–H and O–H groups in total. The molecule has 1 heterocycles. The molecule has 88 valence electrons. The van der Waals surface area contributed by atoms with Gasteiger partial charge in [-0.3, -0.25) is 0 Å². The topological polar surface area (TPSA) is 74.7 Å². The first-order chi connectivity index (χ1) is 7.60. The fourth-order valence-electron chi connectivity index (χ4n) is 1.42. The van der Waals surface area contributed by atoms with Gasteiger partial charge < -0.3 is 11.1 Å². The Bertz CT molecular complexity index is 384. The summed E-state index contributed by atoms with van der Waals surface area (Å²) in [6, 6.07) is 2.01. The van der Waals surface area contributed by atoms with Gasteiger partial charge in [-0.1, -0.05) is 36.8 Å². The molecule has 0 spiro atoms. The van der Waals surface area contributed by atoms with Crippen molar-refractivity contribution in [2.45, 2.75) is 32.2 Å². The van der Waals surface area contributed by atoms with E-state index in [4.69, 9.17) is 22.6 Å². The van der Waals surface area contributed by atoms with E-state index in [0.717, 1.165) is 12.8 Å². The van der Waals surface area contributed by atoms with Crippen LogP contribution < -0.4 is 11.1 Å². The Morgan fingerprint density at radius 1 is 1.56 bits per heavy atom. The second-order valence-electron chi connectivity index (χ2n) is 3.57. The number of hydrogen-bond donors (Lipinski definition) is 2. The van der Waals surface area contributed by atoms with Gasteiger partial charge in [0.2, 0.25) is 0 Å². The molecule has 0 radical (unpaired) electrons. The summed E-state index contributed by atoms with van der Waals surface area (Å²) in [4.78, 5) is 4.54. The molecule has 1 aromatic heterocycles. The molecule has 0 bridgehead atoms. The van der Waals surface area contributed by atoms with Gasteiger partial charge in [0.25, 0.3) is 0 Å². The molecule has 0 amide bonds. The quantitative estimate of drug-likeness (QED) is 0.851. The first-order valence-electron chi connectivity index (χ1n) is 5.15. The summed E-state index contributed by atoms with van der Waals surface area (Å²) in [7, 11) is 0. The predicted octanol–water partition coefficient (Wildman–Crippen LogP) is 2.60. The van der Waals surface area contributed by atoms with Crippen LogP contribution in [0.2, 0.25) is 5.15 Å². The lowest BCUT2D eigenvalue weighted by Crippen LogP contribution is -2.44. The third kappa shape index (κ3) is 2.64. The number of nitrogens with two attached hydrogens (primary N) is 1. The predicted molar refractivity (Wildman–Crippen MR) is 67.8 cm³/mol. The van der Waals surface area contributed by atoms with Crippen molar-refractivity contribution in [3.05, 3.63) is 10.0 Å².